The number of allylic oxidation sites excluding steroid dienone is 4. The van der Waals surface area contributed by atoms with Gasteiger partial charge in [0, 0.05) is 47.5 Å². The maximum atomic E-state index is 17.8. The van der Waals surface area contributed by atoms with Gasteiger partial charge < -0.3 is 59.7 Å². The van der Waals surface area contributed by atoms with E-state index in [0.717, 1.165) is 29.0 Å². The summed E-state index contributed by atoms with van der Waals surface area (Å²) in [4.78, 5) is 73.7. The number of thioether (sulfide) groups is 1. The van der Waals surface area contributed by atoms with Gasteiger partial charge in [-0.05, 0) is 85.8 Å². The number of Topliss-reactive ketones (excluding diaryl/α,β-unsaturated/α-hetero) is 1. The number of hydrogen-bond acceptors (Lipinski definition) is 15. The smallest absolute Gasteiger partial charge is 0.305 e. The molecule has 410 valence electrons. The molecule has 21 heteroatoms. The Balaban J connectivity index is 0.770. The number of rotatable bonds is 28. The number of aliphatic hydroxyl groups excluding tert-OH is 2. The molecule has 7 rings (SSSR count). The van der Waals surface area contributed by atoms with E-state index in [-0.39, 0.29) is 82.2 Å². The van der Waals surface area contributed by atoms with Gasteiger partial charge in [-0.3, -0.25) is 28.8 Å². The van der Waals surface area contributed by atoms with Crippen molar-refractivity contribution >= 4 is 52.7 Å². The molecule has 11 atom stereocenters. The van der Waals surface area contributed by atoms with Crippen LogP contribution in [0.4, 0.5) is 14.5 Å². The number of nitrogens with one attached hydrogen (secondary N) is 3. The highest BCUT2D eigenvalue weighted by Gasteiger charge is 2.80. The Bertz CT molecular complexity index is 2450. The SMILES string of the molecule is CSC(CC(=O)O)C(=O)NCCC(=O)NCCOCCOCCOCCOCCC(=O)Nc1cccc(Cc2ccc([C@@H]3O[C@@H]4C[C@H]5[C@@H]6C[C@H](F)C7=CC(=O)C=C[C@]7(C)[C@@]6(F)[C@@H](O)C[C@]5(C)[C@]4(C(=O)CO)O3)cc2)c1. The molecule has 1 aliphatic heterocycles. The highest BCUT2D eigenvalue weighted by molar-refractivity contribution is 7.99. The van der Waals surface area contributed by atoms with Gasteiger partial charge in [-0.25, -0.2) is 8.78 Å². The van der Waals surface area contributed by atoms with Crippen molar-refractivity contribution in [3.63, 3.8) is 0 Å². The van der Waals surface area contributed by atoms with Crippen LogP contribution in [0.3, 0.4) is 0 Å². The molecule has 5 aliphatic rings. The Morgan fingerprint density at radius 2 is 1.53 bits per heavy atom. The summed E-state index contributed by atoms with van der Waals surface area (Å²) in [6.07, 6.45) is 0.229. The van der Waals surface area contributed by atoms with Gasteiger partial charge in [-0.1, -0.05) is 49.4 Å². The van der Waals surface area contributed by atoms with E-state index < -0.39 is 93.9 Å². The predicted molar refractivity (Wildman–Crippen MR) is 270 cm³/mol. The molecule has 4 fully saturated rings. The summed E-state index contributed by atoms with van der Waals surface area (Å²) in [6.45, 7) is 5.22. The van der Waals surface area contributed by atoms with Gasteiger partial charge in [0.25, 0.3) is 0 Å². The zero-order valence-electron chi connectivity index (χ0n) is 42.5. The van der Waals surface area contributed by atoms with Gasteiger partial charge >= 0.3 is 5.97 Å². The van der Waals surface area contributed by atoms with Gasteiger partial charge in [0.1, 0.15) is 12.8 Å². The van der Waals surface area contributed by atoms with Crippen molar-refractivity contribution in [2.45, 2.75) is 100.0 Å². The topological polar surface area (TPSA) is 255 Å². The minimum absolute atomic E-state index is 0.00854. The van der Waals surface area contributed by atoms with Crippen LogP contribution in [0.25, 0.3) is 0 Å². The number of ketones is 2. The number of halogens is 2. The van der Waals surface area contributed by atoms with Crippen LogP contribution in [0.2, 0.25) is 0 Å². The largest absolute Gasteiger partial charge is 0.481 e. The van der Waals surface area contributed by atoms with E-state index in [4.69, 9.17) is 33.5 Å². The van der Waals surface area contributed by atoms with Crippen LogP contribution in [0, 0.1) is 22.7 Å². The Hall–Kier alpha value is -4.97. The summed E-state index contributed by atoms with van der Waals surface area (Å²) in [6, 6.07) is 14.9. The van der Waals surface area contributed by atoms with Crippen LogP contribution in [-0.4, -0.2) is 164 Å². The Morgan fingerprint density at radius 1 is 0.853 bits per heavy atom. The van der Waals surface area contributed by atoms with E-state index in [2.05, 4.69) is 16.0 Å². The third-order valence-corrected chi connectivity index (χ3v) is 16.5. The number of carboxylic acids is 1. The number of amides is 3. The number of aliphatic hydroxyl groups is 2. The van der Waals surface area contributed by atoms with Crippen LogP contribution < -0.4 is 16.0 Å². The summed E-state index contributed by atoms with van der Waals surface area (Å²) in [5.41, 5.74) is -3.78. The third-order valence-electron chi connectivity index (χ3n) is 15.5. The lowest BCUT2D eigenvalue weighted by Gasteiger charge is -2.63. The van der Waals surface area contributed by atoms with E-state index in [1.54, 1.807) is 19.2 Å². The Morgan fingerprint density at radius 3 is 2.20 bits per heavy atom. The summed E-state index contributed by atoms with van der Waals surface area (Å²) in [5.74, 6) is -4.75. The molecule has 75 heavy (non-hydrogen) atoms. The quantitative estimate of drug-likeness (QED) is 0.0655. The summed E-state index contributed by atoms with van der Waals surface area (Å²) in [7, 11) is 0. The van der Waals surface area contributed by atoms with E-state index in [1.165, 1.54) is 19.1 Å². The van der Waals surface area contributed by atoms with Crippen molar-refractivity contribution in [1.29, 1.82) is 0 Å². The maximum Gasteiger partial charge on any atom is 0.305 e. The van der Waals surface area contributed by atoms with Crippen molar-refractivity contribution in [3.8, 4) is 0 Å². The second-order valence-electron chi connectivity index (χ2n) is 20.1. The van der Waals surface area contributed by atoms with Gasteiger partial charge in [-0.15, -0.1) is 0 Å². The number of alkyl halides is 2. The average molecular weight is 1070 g/mol. The fourth-order valence-corrected chi connectivity index (χ4v) is 12.5. The monoisotopic (exact) mass is 1070 g/mol. The first-order valence-corrected chi connectivity index (χ1v) is 26.7. The molecule has 0 aromatic heterocycles. The first kappa shape index (κ1) is 57.7. The molecular weight excluding hydrogens is 1000 g/mol. The maximum absolute atomic E-state index is 17.8. The lowest BCUT2D eigenvalue weighted by molar-refractivity contribution is -0.235. The molecule has 1 saturated heterocycles. The second kappa shape index (κ2) is 25.5. The molecular formula is C54H69F2N3O15S. The number of benzene rings is 2. The number of fused-ring (bicyclic) bond motifs is 7. The van der Waals surface area contributed by atoms with Crippen molar-refractivity contribution in [1.82, 2.24) is 10.6 Å². The number of anilines is 1. The molecule has 0 radical (unpaired) electrons. The number of carboxylic acid groups (broad SMARTS) is 1. The molecule has 1 heterocycles. The lowest BCUT2D eigenvalue weighted by atomic mass is 9.44. The summed E-state index contributed by atoms with van der Waals surface area (Å²) < 4.78 is 68.9. The van der Waals surface area contributed by atoms with Crippen LogP contribution >= 0.6 is 11.8 Å². The Kier molecular flexibility index (Phi) is 19.6. The van der Waals surface area contributed by atoms with Crippen LogP contribution in [0.1, 0.15) is 75.4 Å². The van der Waals surface area contributed by atoms with Crippen molar-refractivity contribution in [2.24, 2.45) is 22.7 Å². The predicted octanol–water partition coefficient (Wildman–Crippen LogP) is 4.14. The van der Waals surface area contributed by atoms with Gasteiger partial charge in [0.05, 0.1) is 83.2 Å². The first-order chi connectivity index (χ1) is 35.9. The molecule has 2 aromatic carbocycles. The lowest BCUT2D eigenvalue weighted by Crippen LogP contribution is -2.70. The number of carbonyl (C=O) groups excluding carboxylic acids is 5. The van der Waals surface area contributed by atoms with E-state index >= 15 is 8.78 Å². The standard InChI is InChI=1S/C54H69F2N3O15S/c1-51-14-11-37(61)27-40(51)41(55)28-39-38-29-45-54(44(63)32-60,52(38,2)31-43(62)53(39,51)56)74-50(73-45)35-9-7-33(8-10-35)25-34-5-4-6-36(26-34)59-47(65)13-17-69-19-21-71-23-24-72-22-20-70-18-16-57-46(64)12-15-58-49(68)42(75-3)30-48(66)67/h4-11,14,26-27,38-39,41-43,45,50,60,62H,12-13,15-25,28-32H2,1-3H3,(H,57,64)(H,58,68)(H,59,65)(H,66,67)/t38-,39-,41-,42?,43-,45+,50+,51-,52-,53-,54+/m0/s1. The van der Waals surface area contributed by atoms with Crippen molar-refractivity contribution in [3.05, 3.63) is 89.0 Å². The van der Waals surface area contributed by atoms with Crippen LogP contribution in [-0.2, 0) is 63.6 Å². The molecule has 18 nitrogen and oxygen atoms in total. The normalized spacial score (nSPS) is 29.8. The highest BCUT2D eigenvalue weighted by atomic mass is 32.2. The number of hydrogen-bond donors (Lipinski definition) is 6. The van der Waals surface area contributed by atoms with E-state index in [1.807, 2.05) is 42.5 Å². The molecule has 0 bridgehead atoms. The molecule has 3 saturated carbocycles. The average Bonchev–Trinajstić information content (AvgIpc) is 3.89. The van der Waals surface area contributed by atoms with Gasteiger partial charge in [0.15, 0.2) is 29.1 Å². The minimum atomic E-state index is -2.34. The highest BCUT2D eigenvalue weighted by Crippen LogP contribution is 2.72. The zero-order chi connectivity index (χ0) is 54.0. The van der Waals surface area contributed by atoms with Gasteiger partial charge in [0.2, 0.25) is 17.7 Å². The van der Waals surface area contributed by atoms with E-state index in [9.17, 15) is 39.0 Å². The molecule has 2 aromatic rings. The van der Waals surface area contributed by atoms with E-state index in [0.29, 0.717) is 57.3 Å². The fourth-order valence-electron chi connectivity index (χ4n) is 11.9. The molecule has 3 amide bonds. The third kappa shape index (κ3) is 12.6. The van der Waals surface area contributed by atoms with Crippen molar-refractivity contribution in [2.75, 3.05) is 84.1 Å². The summed E-state index contributed by atoms with van der Waals surface area (Å²) in [5, 5.41) is 38.5. The second-order valence-corrected chi connectivity index (χ2v) is 21.1. The Labute approximate surface area is 439 Å². The zero-order valence-corrected chi connectivity index (χ0v) is 43.3. The summed E-state index contributed by atoms with van der Waals surface area (Å²) >= 11 is 1.14. The van der Waals surface area contributed by atoms with Gasteiger partial charge in [-0.2, -0.15) is 11.8 Å². The molecule has 0 spiro atoms. The minimum Gasteiger partial charge on any atom is -0.481 e. The van der Waals surface area contributed by atoms with Crippen LogP contribution in [0.15, 0.2) is 72.3 Å². The fraction of sp³-hybridized carbons (Fsp3) is 0.593. The molecule has 6 N–H and O–H groups in total. The van der Waals surface area contributed by atoms with Crippen LogP contribution in [0.5, 0.6) is 0 Å². The van der Waals surface area contributed by atoms with Crippen molar-refractivity contribution < 1.29 is 81.3 Å². The first-order valence-electron chi connectivity index (χ1n) is 25.4. The number of ether oxygens (including phenoxy) is 6. The number of carbonyl (C=O) groups is 6. The molecule has 4 aliphatic carbocycles. The number of aliphatic carboxylic acids is 1. The molecule has 1 unspecified atom stereocenters.